The maximum atomic E-state index is 14.9. The van der Waals surface area contributed by atoms with Crippen molar-refractivity contribution in [3.05, 3.63) is 34.6 Å². The molecule has 7 heteroatoms. The number of hydrogen-bond acceptors (Lipinski definition) is 4. The van der Waals surface area contributed by atoms with E-state index in [1.807, 2.05) is 20.8 Å². The van der Waals surface area contributed by atoms with E-state index in [1.54, 1.807) is 24.1 Å². The van der Waals surface area contributed by atoms with Crippen molar-refractivity contribution in [2.75, 3.05) is 26.8 Å². The van der Waals surface area contributed by atoms with Gasteiger partial charge in [0.05, 0.1) is 10.6 Å². The van der Waals surface area contributed by atoms with Crippen LogP contribution in [0.4, 0.5) is 9.18 Å². The first-order valence-corrected chi connectivity index (χ1v) is 10.6. The van der Waals surface area contributed by atoms with Crippen LogP contribution in [0, 0.1) is 11.7 Å². The second kappa shape index (κ2) is 10.1. The number of ether oxygens (including phenoxy) is 2. The molecule has 0 saturated carbocycles. The highest BCUT2D eigenvalue weighted by atomic mass is 35.5. The summed E-state index contributed by atoms with van der Waals surface area (Å²) in [5.74, 6) is -0.919. The molecule has 1 aromatic rings. The smallest absolute Gasteiger partial charge is 0.410 e. The van der Waals surface area contributed by atoms with Crippen LogP contribution in [-0.4, -0.2) is 48.5 Å². The quantitative estimate of drug-likeness (QED) is 0.610. The Kier molecular flexibility index (Phi) is 8.32. The number of piperidine rings is 1. The summed E-state index contributed by atoms with van der Waals surface area (Å²) >= 11 is 6.00. The fourth-order valence-electron chi connectivity index (χ4n) is 3.90. The number of likely N-dealkylation sites (tertiary alicyclic amines) is 1. The molecule has 1 aliphatic rings. The molecule has 1 aliphatic heterocycles. The summed E-state index contributed by atoms with van der Waals surface area (Å²) in [5, 5.41) is 11.7. The van der Waals surface area contributed by atoms with Crippen molar-refractivity contribution >= 4 is 17.7 Å². The van der Waals surface area contributed by atoms with Gasteiger partial charge in [-0.2, -0.15) is 0 Å². The Bertz CT molecular complexity index is 694. The van der Waals surface area contributed by atoms with Gasteiger partial charge in [0.2, 0.25) is 0 Å². The average molecular weight is 430 g/mol. The SMILES string of the molecule is COCCCC[C@@](O)(c1cccc(Cl)c1F)[C@@H]1CCCN(C(=O)OC(C)(C)C)C1. The van der Waals surface area contributed by atoms with E-state index in [-0.39, 0.29) is 16.5 Å². The summed E-state index contributed by atoms with van der Waals surface area (Å²) in [7, 11) is 1.63. The van der Waals surface area contributed by atoms with E-state index in [9.17, 15) is 14.3 Å². The number of unbranched alkanes of at least 4 members (excludes halogenated alkanes) is 1. The molecule has 0 spiro atoms. The molecular weight excluding hydrogens is 397 g/mol. The molecule has 1 amide bonds. The van der Waals surface area contributed by atoms with Crippen molar-refractivity contribution < 1.29 is 23.8 Å². The normalized spacial score (nSPS) is 19.7. The second-order valence-electron chi connectivity index (χ2n) is 8.74. The molecule has 0 aliphatic carbocycles. The molecule has 1 saturated heterocycles. The van der Waals surface area contributed by atoms with E-state index in [2.05, 4.69) is 0 Å². The summed E-state index contributed by atoms with van der Waals surface area (Å²) < 4.78 is 25.5. The Hall–Kier alpha value is -1.37. The molecular formula is C22H33ClFNO4. The van der Waals surface area contributed by atoms with Crippen LogP contribution in [0.15, 0.2) is 18.2 Å². The van der Waals surface area contributed by atoms with Gasteiger partial charge in [-0.05, 0) is 58.9 Å². The maximum absolute atomic E-state index is 14.9. The Morgan fingerprint density at radius 3 is 2.72 bits per heavy atom. The molecule has 1 aromatic carbocycles. The van der Waals surface area contributed by atoms with Crippen LogP contribution >= 0.6 is 11.6 Å². The van der Waals surface area contributed by atoms with Gasteiger partial charge in [0, 0.05) is 38.3 Å². The number of carbonyl (C=O) groups excluding carboxylic acids is 1. The van der Waals surface area contributed by atoms with Crippen LogP contribution in [0.3, 0.4) is 0 Å². The molecule has 164 valence electrons. The van der Waals surface area contributed by atoms with Gasteiger partial charge in [-0.1, -0.05) is 23.7 Å². The lowest BCUT2D eigenvalue weighted by Crippen LogP contribution is -2.49. The van der Waals surface area contributed by atoms with Crippen LogP contribution < -0.4 is 0 Å². The number of nitrogens with zero attached hydrogens (tertiary/aromatic N) is 1. The lowest BCUT2D eigenvalue weighted by Gasteiger charge is -2.43. The van der Waals surface area contributed by atoms with E-state index in [0.29, 0.717) is 45.4 Å². The lowest BCUT2D eigenvalue weighted by atomic mass is 9.74. The molecule has 0 aromatic heterocycles. The summed E-state index contributed by atoms with van der Waals surface area (Å²) in [5.41, 5.74) is -1.83. The Labute approximate surface area is 178 Å². The molecule has 2 rings (SSSR count). The van der Waals surface area contributed by atoms with Crippen LogP contribution in [0.5, 0.6) is 0 Å². The second-order valence-corrected chi connectivity index (χ2v) is 9.15. The van der Waals surface area contributed by atoms with Crippen molar-refractivity contribution in [2.24, 2.45) is 5.92 Å². The summed E-state index contributed by atoms with van der Waals surface area (Å²) in [6.07, 6.45) is 2.78. The first-order valence-electron chi connectivity index (χ1n) is 10.2. The number of methoxy groups -OCH3 is 1. The van der Waals surface area contributed by atoms with Gasteiger partial charge >= 0.3 is 6.09 Å². The zero-order chi connectivity index (χ0) is 21.7. The number of hydrogen-bond donors (Lipinski definition) is 1. The third-order valence-electron chi connectivity index (χ3n) is 5.32. The Balaban J connectivity index is 2.27. The minimum absolute atomic E-state index is 0.0161. The Morgan fingerprint density at radius 2 is 2.07 bits per heavy atom. The minimum atomic E-state index is -1.43. The predicted molar refractivity (Wildman–Crippen MR) is 112 cm³/mol. The van der Waals surface area contributed by atoms with E-state index in [1.165, 1.54) is 6.07 Å². The number of benzene rings is 1. The zero-order valence-corrected chi connectivity index (χ0v) is 18.6. The zero-order valence-electron chi connectivity index (χ0n) is 17.8. The molecule has 5 nitrogen and oxygen atoms in total. The van der Waals surface area contributed by atoms with Crippen molar-refractivity contribution in [3.8, 4) is 0 Å². The van der Waals surface area contributed by atoms with Crippen LogP contribution in [0.25, 0.3) is 0 Å². The lowest BCUT2D eigenvalue weighted by molar-refractivity contribution is -0.0662. The third kappa shape index (κ3) is 6.30. The molecule has 0 unspecified atom stereocenters. The van der Waals surface area contributed by atoms with Gasteiger partial charge in [-0.15, -0.1) is 0 Å². The summed E-state index contributed by atoms with van der Waals surface area (Å²) in [6, 6.07) is 4.71. The summed E-state index contributed by atoms with van der Waals surface area (Å²) in [4.78, 5) is 14.2. The Morgan fingerprint density at radius 1 is 1.34 bits per heavy atom. The molecule has 1 fully saturated rings. The van der Waals surface area contributed by atoms with Crippen molar-refractivity contribution in [1.82, 2.24) is 4.90 Å². The first kappa shape index (κ1) is 23.9. The van der Waals surface area contributed by atoms with E-state index in [4.69, 9.17) is 21.1 Å². The number of amides is 1. The van der Waals surface area contributed by atoms with Gasteiger partial charge < -0.3 is 19.5 Å². The monoisotopic (exact) mass is 429 g/mol. The van der Waals surface area contributed by atoms with Crippen LogP contribution in [-0.2, 0) is 15.1 Å². The van der Waals surface area contributed by atoms with E-state index >= 15 is 0 Å². The molecule has 1 heterocycles. The van der Waals surface area contributed by atoms with Gasteiger partial charge in [0.1, 0.15) is 11.4 Å². The van der Waals surface area contributed by atoms with Crippen LogP contribution in [0.2, 0.25) is 5.02 Å². The van der Waals surface area contributed by atoms with E-state index in [0.717, 1.165) is 6.42 Å². The minimum Gasteiger partial charge on any atom is -0.444 e. The molecule has 0 radical (unpaired) electrons. The van der Waals surface area contributed by atoms with Crippen LogP contribution in [0.1, 0.15) is 58.4 Å². The number of rotatable bonds is 7. The van der Waals surface area contributed by atoms with Gasteiger partial charge in [-0.3, -0.25) is 0 Å². The van der Waals surface area contributed by atoms with Gasteiger partial charge in [-0.25, -0.2) is 9.18 Å². The first-order chi connectivity index (χ1) is 13.6. The highest BCUT2D eigenvalue weighted by Crippen LogP contribution is 2.42. The van der Waals surface area contributed by atoms with E-state index < -0.39 is 23.1 Å². The summed E-state index contributed by atoms with van der Waals surface area (Å²) in [6.45, 7) is 6.90. The molecule has 0 bridgehead atoms. The largest absolute Gasteiger partial charge is 0.444 e. The maximum Gasteiger partial charge on any atom is 0.410 e. The highest BCUT2D eigenvalue weighted by molar-refractivity contribution is 6.30. The number of aliphatic hydroxyl groups is 1. The fraction of sp³-hybridized carbons (Fsp3) is 0.682. The molecule has 2 atom stereocenters. The topological polar surface area (TPSA) is 59.0 Å². The standard InChI is InChI=1S/C22H33ClFNO4/c1-21(2,3)29-20(26)25-13-8-9-16(15-25)22(27,12-5-6-14-28-4)17-10-7-11-18(23)19(17)24/h7,10-11,16,27H,5-6,8-9,12-15H2,1-4H3/t16-,22+/m1/s1. The number of halogens is 2. The molecule has 29 heavy (non-hydrogen) atoms. The average Bonchev–Trinajstić information content (AvgIpc) is 2.66. The van der Waals surface area contributed by atoms with Gasteiger partial charge in [0.25, 0.3) is 0 Å². The van der Waals surface area contributed by atoms with Gasteiger partial charge in [0.15, 0.2) is 0 Å². The number of carbonyl (C=O) groups is 1. The van der Waals surface area contributed by atoms with Crippen molar-refractivity contribution in [3.63, 3.8) is 0 Å². The fourth-order valence-corrected chi connectivity index (χ4v) is 4.07. The molecule has 1 N–H and O–H groups in total. The third-order valence-corrected chi connectivity index (χ3v) is 5.61. The predicted octanol–water partition coefficient (Wildman–Crippen LogP) is 5.13. The van der Waals surface area contributed by atoms with Crippen molar-refractivity contribution in [1.29, 1.82) is 0 Å². The van der Waals surface area contributed by atoms with Crippen molar-refractivity contribution in [2.45, 2.75) is 64.1 Å². The highest BCUT2D eigenvalue weighted by Gasteiger charge is 2.43.